The molecule has 0 amide bonds. The standard InChI is InChI=1S/C9H3F8NO3/c10-7(11)21-6-4(9(15,16)17)2-1-3(8(12,13)14)5(6)18(19)20/h1-2,7H. The molecule has 0 fully saturated rings. The molecule has 1 rings (SSSR count). The molecule has 0 aromatic heterocycles. The summed E-state index contributed by atoms with van der Waals surface area (Å²) in [6.07, 6.45) is -10.8. The van der Waals surface area contributed by atoms with E-state index >= 15 is 0 Å². The molecule has 0 saturated heterocycles. The van der Waals surface area contributed by atoms with Crippen molar-refractivity contribution in [3.63, 3.8) is 0 Å². The van der Waals surface area contributed by atoms with Crippen molar-refractivity contribution in [3.05, 3.63) is 33.4 Å². The van der Waals surface area contributed by atoms with Crippen LogP contribution < -0.4 is 4.74 Å². The summed E-state index contributed by atoms with van der Waals surface area (Å²) in [6, 6.07) is -0.438. The van der Waals surface area contributed by atoms with Crippen LogP contribution in [0.5, 0.6) is 5.75 Å². The molecule has 0 saturated carbocycles. The number of halogens is 8. The third-order valence-corrected chi connectivity index (χ3v) is 2.13. The maximum absolute atomic E-state index is 12.5. The van der Waals surface area contributed by atoms with E-state index in [1.54, 1.807) is 0 Å². The molecule has 1 aromatic carbocycles. The van der Waals surface area contributed by atoms with Gasteiger partial charge in [-0.1, -0.05) is 0 Å². The Balaban J connectivity index is 3.75. The van der Waals surface area contributed by atoms with Gasteiger partial charge in [-0.2, -0.15) is 35.1 Å². The molecule has 0 atom stereocenters. The van der Waals surface area contributed by atoms with Crippen LogP contribution in [0.3, 0.4) is 0 Å². The largest absolute Gasteiger partial charge is 0.427 e. The van der Waals surface area contributed by atoms with Crippen LogP contribution in [0.15, 0.2) is 12.1 Å². The van der Waals surface area contributed by atoms with E-state index in [9.17, 15) is 45.2 Å². The van der Waals surface area contributed by atoms with E-state index in [4.69, 9.17) is 0 Å². The van der Waals surface area contributed by atoms with Gasteiger partial charge in [0.1, 0.15) is 11.1 Å². The number of nitro groups is 1. The van der Waals surface area contributed by atoms with Gasteiger partial charge in [-0.25, -0.2) is 0 Å². The topological polar surface area (TPSA) is 52.4 Å². The van der Waals surface area contributed by atoms with Crippen molar-refractivity contribution in [2.24, 2.45) is 0 Å². The van der Waals surface area contributed by atoms with Crippen molar-refractivity contribution < 1.29 is 44.8 Å². The van der Waals surface area contributed by atoms with Gasteiger partial charge < -0.3 is 4.74 Å². The molecule has 0 aliphatic carbocycles. The third-order valence-electron chi connectivity index (χ3n) is 2.13. The van der Waals surface area contributed by atoms with Crippen LogP contribution in [0.2, 0.25) is 0 Å². The zero-order valence-corrected chi connectivity index (χ0v) is 9.43. The maximum Gasteiger partial charge on any atom is 0.423 e. The van der Waals surface area contributed by atoms with Gasteiger partial charge >= 0.3 is 24.7 Å². The van der Waals surface area contributed by atoms with Gasteiger partial charge in [0.2, 0.25) is 5.75 Å². The first-order valence-corrected chi connectivity index (χ1v) is 4.76. The Morgan fingerprint density at radius 3 is 1.76 bits per heavy atom. The second kappa shape index (κ2) is 5.33. The van der Waals surface area contributed by atoms with Crippen molar-refractivity contribution in [3.8, 4) is 5.75 Å². The summed E-state index contributed by atoms with van der Waals surface area (Å²) in [6.45, 7) is -3.98. The zero-order valence-electron chi connectivity index (χ0n) is 9.43. The number of alkyl halides is 8. The van der Waals surface area contributed by atoms with Crippen LogP contribution in [-0.4, -0.2) is 11.5 Å². The first-order valence-electron chi connectivity index (χ1n) is 4.76. The van der Waals surface area contributed by atoms with Crippen molar-refractivity contribution in [1.82, 2.24) is 0 Å². The summed E-state index contributed by atoms with van der Waals surface area (Å²) >= 11 is 0. The fourth-order valence-corrected chi connectivity index (χ4v) is 1.41. The lowest BCUT2D eigenvalue weighted by atomic mass is 10.1. The van der Waals surface area contributed by atoms with Crippen LogP contribution in [0.4, 0.5) is 40.8 Å². The quantitative estimate of drug-likeness (QED) is 0.475. The minimum absolute atomic E-state index is 0.215. The Kier molecular flexibility index (Phi) is 4.29. The van der Waals surface area contributed by atoms with Crippen molar-refractivity contribution in [2.75, 3.05) is 0 Å². The predicted octanol–water partition coefficient (Wildman–Crippen LogP) is 4.23. The lowest BCUT2D eigenvalue weighted by Crippen LogP contribution is -2.17. The SMILES string of the molecule is O=[N+]([O-])c1c(C(F)(F)F)ccc(C(F)(F)F)c1OC(F)F. The summed E-state index contributed by atoms with van der Waals surface area (Å²) < 4.78 is 103. The Hall–Kier alpha value is -2.14. The van der Waals surface area contributed by atoms with Crippen molar-refractivity contribution in [1.29, 1.82) is 0 Å². The molecule has 0 bridgehead atoms. The fourth-order valence-electron chi connectivity index (χ4n) is 1.41. The molecule has 12 heteroatoms. The van der Waals surface area contributed by atoms with E-state index in [-0.39, 0.29) is 12.1 Å². The molecule has 0 aliphatic heterocycles. The number of nitrogens with zero attached hydrogens (tertiary/aromatic N) is 1. The number of benzene rings is 1. The summed E-state index contributed by atoms with van der Waals surface area (Å²) in [5, 5.41) is 10.6. The molecule has 0 radical (unpaired) electrons. The number of hydrogen-bond donors (Lipinski definition) is 0. The van der Waals surface area contributed by atoms with Crippen LogP contribution in [-0.2, 0) is 12.4 Å². The van der Waals surface area contributed by atoms with Gasteiger partial charge in [-0.3, -0.25) is 10.1 Å². The highest BCUT2D eigenvalue weighted by atomic mass is 19.4. The van der Waals surface area contributed by atoms with Crippen LogP contribution in [0.25, 0.3) is 0 Å². The van der Waals surface area contributed by atoms with Gasteiger partial charge in [0.25, 0.3) is 0 Å². The van der Waals surface area contributed by atoms with Crippen LogP contribution in [0.1, 0.15) is 11.1 Å². The molecular weight excluding hydrogens is 322 g/mol. The average molecular weight is 325 g/mol. The summed E-state index contributed by atoms with van der Waals surface area (Å²) in [7, 11) is 0. The highest BCUT2D eigenvalue weighted by molar-refractivity contribution is 5.59. The second-order valence-electron chi connectivity index (χ2n) is 3.47. The minimum atomic E-state index is -5.42. The summed E-state index contributed by atoms with van der Waals surface area (Å²) in [4.78, 5) is 8.70. The molecule has 0 aliphatic rings. The van der Waals surface area contributed by atoms with Gasteiger partial charge in [0, 0.05) is 0 Å². The minimum Gasteiger partial charge on any atom is -0.427 e. The average Bonchev–Trinajstić information content (AvgIpc) is 2.23. The number of hydrogen-bond acceptors (Lipinski definition) is 3. The van der Waals surface area contributed by atoms with Gasteiger partial charge in [-0.15, -0.1) is 0 Å². The normalized spacial score (nSPS) is 12.6. The maximum atomic E-state index is 12.5. The summed E-state index contributed by atoms with van der Waals surface area (Å²) in [5.74, 6) is -2.18. The molecule has 0 unspecified atom stereocenters. The highest BCUT2D eigenvalue weighted by Crippen LogP contribution is 2.47. The fraction of sp³-hybridized carbons (Fsp3) is 0.333. The van der Waals surface area contributed by atoms with Gasteiger partial charge in [0.15, 0.2) is 0 Å². The molecular formula is C9H3F8NO3. The third kappa shape index (κ3) is 3.70. The number of nitro benzene ring substituents is 1. The van der Waals surface area contributed by atoms with E-state index < -0.39 is 46.5 Å². The first kappa shape index (κ1) is 16.9. The smallest absolute Gasteiger partial charge is 0.423 e. The molecule has 118 valence electrons. The molecule has 21 heavy (non-hydrogen) atoms. The van der Waals surface area contributed by atoms with E-state index in [2.05, 4.69) is 4.74 Å². The highest BCUT2D eigenvalue weighted by Gasteiger charge is 2.46. The Morgan fingerprint density at radius 2 is 1.43 bits per heavy atom. The Labute approximate surface area is 110 Å². The first-order chi connectivity index (χ1) is 9.35. The predicted molar refractivity (Wildman–Crippen MR) is 49.7 cm³/mol. The lowest BCUT2D eigenvalue weighted by Gasteiger charge is -2.16. The number of rotatable bonds is 3. The van der Waals surface area contributed by atoms with Gasteiger partial charge in [0.05, 0.1) is 4.92 Å². The molecule has 4 nitrogen and oxygen atoms in total. The monoisotopic (exact) mass is 325 g/mol. The molecule has 0 spiro atoms. The van der Waals surface area contributed by atoms with Crippen LogP contribution >= 0.6 is 0 Å². The van der Waals surface area contributed by atoms with E-state index in [0.717, 1.165) is 0 Å². The second-order valence-corrected chi connectivity index (χ2v) is 3.47. The molecule has 0 N–H and O–H groups in total. The Bertz CT molecular complexity index is 551. The van der Waals surface area contributed by atoms with Crippen molar-refractivity contribution in [2.45, 2.75) is 19.0 Å². The molecule has 0 heterocycles. The Morgan fingerprint density at radius 1 is 1.00 bits per heavy atom. The van der Waals surface area contributed by atoms with Gasteiger partial charge in [-0.05, 0) is 12.1 Å². The van der Waals surface area contributed by atoms with E-state index in [0.29, 0.717) is 0 Å². The number of ether oxygens (including phenoxy) is 1. The summed E-state index contributed by atoms with van der Waals surface area (Å²) in [5.41, 5.74) is -6.46. The van der Waals surface area contributed by atoms with E-state index in [1.165, 1.54) is 0 Å². The van der Waals surface area contributed by atoms with Crippen LogP contribution in [0, 0.1) is 10.1 Å². The lowest BCUT2D eigenvalue weighted by molar-refractivity contribution is -0.389. The van der Waals surface area contributed by atoms with Crippen molar-refractivity contribution >= 4 is 5.69 Å². The molecule has 1 aromatic rings. The van der Waals surface area contributed by atoms with E-state index in [1.807, 2.05) is 0 Å². The zero-order chi connectivity index (χ0) is 16.6.